The summed E-state index contributed by atoms with van der Waals surface area (Å²) in [4.78, 5) is 0. The lowest BCUT2D eigenvalue weighted by molar-refractivity contribution is 1.07. The van der Waals surface area contributed by atoms with Crippen LogP contribution in [0.25, 0.3) is 10.6 Å². The molecule has 84 valence electrons. The third-order valence-electron chi connectivity index (χ3n) is 2.17. The van der Waals surface area contributed by atoms with Gasteiger partial charge in [-0.25, -0.2) is 0 Å². The summed E-state index contributed by atoms with van der Waals surface area (Å²) in [5, 5.41) is 13.8. The van der Waals surface area contributed by atoms with Crippen molar-refractivity contribution in [2.75, 3.05) is 11.9 Å². The van der Waals surface area contributed by atoms with Crippen LogP contribution in [0.4, 0.5) is 5.13 Å². The number of aromatic nitrogens is 2. The Morgan fingerprint density at radius 1 is 1.38 bits per heavy atom. The number of hydrogen-bond acceptors (Lipinski definition) is 4. The van der Waals surface area contributed by atoms with E-state index in [1.807, 2.05) is 32.0 Å². The average Bonchev–Trinajstić information content (AvgIpc) is 2.71. The lowest BCUT2D eigenvalue weighted by Crippen LogP contribution is -1.94. The Bertz CT molecular complexity index is 496. The first-order chi connectivity index (χ1) is 7.70. The molecule has 2 aromatic rings. The van der Waals surface area contributed by atoms with Crippen molar-refractivity contribution in [2.24, 2.45) is 0 Å². The first kappa shape index (κ1) is 11.4. The van der Waals surface area contributed by atoms with Gasteiger partial charge in [-0.05, 0) is 25.5 Å². The second-order valence-corrected chi connectivity index (χ2v) is 4.79. The maximum atomic E-state index is 6.07. The van der Waals surface area contributed by atoms with Crippen molar-refractivity contribution in [2.45, 2.75) is 13.8 Å². The minimum Gasteiger partial charge on any atom is -0.360 e. The van der Waals surface area contributed by atoms with Crippen LogP contribution in [0.1, 0.15) is 12.5 Å². The van der Waals surface area contributed by atoms with Gasteiger partial charge in [0.1, 0.15) is 5.01 Å². The summed E-state index contributed by atoms with van der Waals surface area (Å²) >= 11 is 7.61. The van der Waals surface area contributed by atoms with E-state index in [1.165, 1.54) is 11.3 Å². The normalized spacial score (nSPS) is 10.4. The molecule has 0 fully saturated rings. The summed E-state index contributed by atoms with van der Waals surface area (Å²) in [6, 6.07) is 5.93. The molecule has 0 aliphatic carbocycles. The fourth-order valence-corrected chi connectivity index (χ4v) is 2.28. The summed E-state index contributed by atoms with van der Waals surface area (Å²) in [5.74, 6) is 0. The van der Waals surface area contributed by atoms with Crippen molar-refractivity contribution < 1.29 is 0 Å². The Hall–Kier alpha value is -1.13. The molecule has 0 saturated heterocycles. The lowest BCUT2D eigenvalue weighted by Gasteiger charge is -1.99. The molecule has 0 amide bonds. The molecule has 0 aliphatic heterocycles. The SMILES string of the molecule is CCNc1nnc(-c2ccc(C)c(Cl)c2)s1. The number of hydrogen-bond donors (Lipinski definition) is 1. The zero-order valence-corrected chi connectivity index (χ0v) is 10.7. The van der Waals surface area contributed by atoms with E-state index in [-0.39, 0.29) is 0 Å². The Morgan fingerprint density at radius 2 is 2.19 bits per heavy atom. The molecule has 2 rings (SSSR count). The highest BCUT2D eigenvalue weighted by atomic mass is 35.5. The summed E-state index contributed by atoms with van der Waals surface area (Å²) in [5.41, 5.74) is 2.08. The second-order valence-electron chi connectivity index (χ2n) is 3.41. The number of nitrogens with zero attached hydrogens (tertiary/aromatic N) is 2. The van der Waals surface area contributed by atoms with Crippen molar-refractivity contribution >= 4 is 28.1 Å². The number of nitrogens with one attached hydrogen (secondary N) is 1. The predicted molar refractivity (Wildman–Crippen MR) is 69.3 cm³/mol. The Kier molecular flexibility index (Phi) is 3.41. The zero-order chi connectivity index (χ0) is 11.5. The van der Waals surface area contributed by atoms with Crippen LogP contribution in [0.15, 0.2) is 18.2 Å². The van der Waals surface area contributed by atoms with E-state index in [1.54, 1.807) is 0 Å². The summed E-state index contributed by atoms with van der Waals surface area (Å²) in [7, 11) is 0. The molecular formula is C11H12ClN3S. The van der Waals surface area contributed by atoms with E-state index in [0.29, 0.717) is 0 Å². The topological polar surface area (TPSA) is 37.8 Å². The molecule has 1 N–H and O–H groups in total. The molecule has 0 spiro atoms. The van der Waals surface area contributed by atoms with Crippen LogP contribution in [0.3, 0.4) is 0 Å². The van der Waals surface area contributed by atoms with Crippen LogP contribution in [-0.4, -0.2) is 16.7 Å². The van der Waals surface area contributed by atoms with E-state index >= 15 is 0 Å². The minimum absolute atomic E-state index is 0.762. The monoisotopic (exact) mass is 253 g/mol. The van der Waals surface area contributed by atoms with Gasteiger partial charge >= 0.3 is 0 Å². The van der Waals surface area contributed by atoms with Gasteiger partial charge < -0.3 is 5.32 Å². The first-order valence-electron chi connectivity index (χ1n) is 5.04. The van der Waals surface area contributed by atoms with Crippen LogP contribution < -0.4 is 5.32 Å². The molecule has 1 aromatic heterocycles. The van der Waals surface area contributed by atoms with Gasteiger partial charge in [-0.3, -0.25) is 0 Å². The summed E-state index contributed by atoms with van der Waals surface area (Å²) in [6.45, 7) is 4.86. The number of rotatable bonds is 3. The average molecular weight is 254 g/mol. The van der Waals surface area contributed by atoms with E-state index in [9.17, 15) is 0 Å². The van der Waals surface area contributed by atoms with E-state index in [0.717, 1.165) is 32.8 Å². The standard InChI is InChI=1S/C11H12ClN3S/c1-3-13-11-15-14-10(16-11)8-5-4-7(2)9(12)6-8/h4-6H,3H2,1-2H3,(H,13,15). The van der Waals surface area contributed by atoms with Gasteiger partial charge in [0.25, 0.3) is 0 Å². The quantitative estimate of drug-likeness (QED) is 0.908. The summed E-state index contributed by atoms with van der Waals surface area (Å²) in [6.07, 6.45) is 0. The fourth-order valence-electron chi connectivity index (χ4n) is 1.29. The van der Waals surface area contributed by atoms with Crippen LogP contribution in [0, 0.1) is 6.92 Å². The third kappa shape index (κ3) is 2.33. The van der Waals surface area contributed by atoms with Gasteiger partial charge in [0, 0.05) is 17.1 Å². The number of aryl methyl sites for hydroxylation is 1. The molecule has 5 heteroatoms. The fraction of sp³-hybridized carbons (Fsp3) is 0.273. The smallest absolute Gasteiger partial charge is 0.205 e. The van der Waals surface area contributed by atoms with Crippen molar-refractivity contribution in [3.8, 4) is 10.6 Å². The molecule has 1 aromatic carbocycles. The molecule has 0 atom stereocenters. The Labute approximate surface area is 103 Å². The van der Waals surface area contributed by atoms with E-state index in [2.05, 4.69) is 15.5 Å². The molecule has 1 heterocycles. The van der Waals surface area contributed by atoms with Crippen LogP contribution >= 0.6 is 22.9 Å². The molecule has 16 heavy (non-hydrogen) atoms. The summed E-state index contributed by atoms with van der Waals surface area (Å²) < 4.78 is 0. The molecule has 0 saturated carbocycles. The van der Waals surface area contributed by atoms with Gasteiger partial charge in [0.15, 0.2) is 0 Å². The highest BCUT2D eigenvalue weighted by Gasteiger charge is 2.07. The maximum absolute atomic E-state index is 6.07. The second kappa shape index (κ2) is 4.80. The highest BCUT2D eigenvalue weighted by molar-refractivity contribution is 7.18. The third-order valence-corrected chi connectivity index (χ3v) is 3.51. The van der Waals surface area contributed by atoms with Crippen molar-refractivity contribution in [3.05, 3.63) is 28.8 Å². The molecule has 0 unspecified atom stereocenters. The highest BCUT2D eigenvalue weighted by Crippen LogP contribution is 2.29. The molecule has 0 bridgehead atoms. The number of halogens is 1. The number of anilines is 1. The predicted octanol–water partition coefficient (Wildman–Crippen LogP) is 3.60. The minimum atomic E-state index is 0.762. The van der Waals surface area contributed by atoms with Crippen LogP contribution in [-0.2, 0) is 0 Å². The molecule has 0 radical (unpaired) electrons. The maximum Gasteiger partial charge on any atom is 0.205 e. The van der Waals surface area contributed by atoms with Crippen molar-refractivity contribution in [1.82, 2.24) is 10.2 Å². The number of benzene rings is 1. The van der Waals surface area contributed by atoms with Gasteiger partial charge in [0.2, 0.25) is 5.13 Å². The molecule has 3 nitrogen and oxygen atoms in total. The first-order valence-corrected chi connectivity index (χ1v) is 6.24. The van der Waals surface area contributed by atoms with Crippen LogP contribution in [0.5, 0.6) is 0 Å². The Morgan fingerprint density at radius 3 is 2.88 bits per heavy atom. The lowest BCUT2D eigenvalue weighted by atomic mass is 10.2. The van der Waals surface area contributed by atoms with E-state index in [4.69, 9.17) is 11.6 Å². The van der Waals surface area contributed by atoms with Gasteiger partial charge in [-0.2, -0.15) is 0 Å². The largest absolute Gasteiger partial charge is 0.360 e. The molecular weight excluding hydrogens is 242 g/mol. The van der Waals surface area contributed by atoms with Crippen molar-refractivity contribution in [3.63, 3.8) is 0 Å². The van der Waals surface area contributed by atoms with Crippen molar-refractivity contribution in [1.29, 1.82) is 0 Å². The van der Waals surface area contributed by atoms with E-state index < -0.39 is 0 Å². The zero-order valence-electron chi connectivity index (χ0n) is 9.12. The molecule has 0 aliphatic rings. The van der Waals surface area contributed by atoms with Gasteiger partial charge in [0.05, 0.1) is 0 Å². The van der Waals surface area contributed by atoms with Gasteiger partial charge in [-0.15, -0.1) is 10.2 Å². The van der Waals surface area contributed by atoms with Crippen LogP contribution in [0.2, 0.25) is 5.02 Å². The Balaban J connectivity index is 2.31. The van der Waals surface area contributed by atoms with Gasteiger partial charge in [-0.1, -0.05) is 35.1 Å².